The van der Waals surface area contributed by atoms with Crippen molar-refractivity contribution >= 4 is 29.1 Å². The molecule has 25 heavy (non-hydrogen) atoms. The third-order valence-electron chi connectivity index (χ3n) is 5.04. The zero-order valence-electron chi connectivity index (χ0n) is 14.5. The Kier molecular flexibility index (Phi) is 5.49. The van der Waals surface area contributed by atoms with Crippen molar-refractivity contribution in [2.24, 2.45) is 11.8 Å². The van der Waals surface area contributed by atoms with Gasteiger partial charge in [-0.15, -0.1) is 0 Å². The molecule has 2 N–H and O–H groups in total. The molecule has 0 spiro atoms. The van der Waals surface area contributed by atoms with Crippen LogP contribution in [0, 0.1) is 11.8 Å². The zero-order chi connectivity index (χ0) is 18.0. The first-order valence-corrected chi connectivity index (χ1v) is 9.02. The third-order valence-corrected chi connectivity index (χ3v) is 5.28. The molecule has 3 unspecified atom stereocenters. The Morgan fingerprint density at radius 2 is 2.24 bits per heavy atom. The number of carbonyl (C=O) groups excluding carboxylic acids is 2. The largest absolute Gasteiger partial charge is 0.495 e. The van der Waals surface area contributed by atoms with E-state index in [1.54, 1.807) is 30.2 Å². The van der Waals surface area contributed by atoms with Gasteiger partial charge in [0, 0.05) is 24.0 Å². The van der Waals surface area contributed by atoms with Gasteiger partial charge in [-0.05, 0) is 43.6 Å². The number of amides is 2. The van der Waals surface area contributed by atoms with Crippen LogP contribution in [0.15, 0.2) is 18.2 Å². The van der Waals surface area contributed by atoms with E-state index in [2.05, 4.69) is 17.6 Å². The van der Waals surface area contributed by atoms with Crippen molar-refractivity contribution in [1.29, 1.82) is 0 Å². The molecule has 2 aliphatic rings. The van der Waals surface area contributed by atoms with Crippen LogP contribution in [0.2, 0.25) is 5.02 Å². The number of benzene rings is 1. The second-order valence-corrected chi connectivity index (χ2v) is 7.24. The van der Waals surface area contributed by atoms with Gasteiger partial charge >= 0.3 is 0 Å². The van der Waals surface area contributed by atoms with E-state index in [-0.39, 0.29) is 30.2 Å². The lowest BCUT2D eigenvalue weighted by molar-refractivity contribution is -0.127. The lowest BCUT2D eigenvalue weighted by Crippen LogP contribution is -2.50. The molecule has 2 fully saturated rings. The Balaban J connectivity index is 1.70. The van der Waals surface area contributed by atoms with Crippen LogP contribution in [-0.2, 0) is 9.59 Å². The average molecular weight is 366 g/mol. The van der Waals surface area contributed by atoms with Crippen LogP contribution in [0.3, 0.4) is 0 Å². The molecule has 0 radical (unpaired) electrons. The van der Waals surface area contributed by atoms with Gasteiger partial charge in [-0.3, -0.25) is 9.59 Å². The van der Waals surface area contributed by atoms with Gasteiger partial charge in [0.1, 0.15) is 5.75 Å². The molecule has 0 aliphatic carbocycles. The Hall–Kier alpha value is -1.79. The van der Waals surface area contributed by atoms with E-state index in [1.807, 2.05) is 0 Å². The molecule has 3 rings (SSSR count). The van der Waals surface area contributed by atoms with E-state index in [9.17, 15) is 9.59 Å². The van der Waals surface area contributed by atoms with E-state index >= 15 is 0 Å². The number of rotatable bonds is 4. The maximum absolute atomic E-state index is 12.6. The normalized spacial score (nSPS) is 26.6. The molecule has 2 aliphatic heterocycles. The lowest BCUT2D eigenvalue weighted by Gasteiger charge is -2.31. The maximum atomic E-state index is 12.6. The highest BCUT2D eigenvalue weighted by Gasteiger charge is 2.37. The third kappa shape index (κ3) is 3.90. The van der Waals surface area contributed by atoms with Gasteiger partial charge in [0.15, 0.2) is 0 Å². The van der Waals surface area contributed by atoms with E-state index in [0.717, 1.165) is 19.5 Å². The van der Waals surface area contributed by atoms with E-state index in [1.165, 1.54) is 0 Å². The second-order valence-electron chi connectivity index (χ2n) is 6.81. The van der Waals surface area contributed by atoms with Crippen molar-refractivity contribution in [3.05, 3.63) is 23.2 Å². The minimum atomic E-state index is -0.349. The summed E-state index contributed by atoms with van der Waals surface area (Å²) in [5.41, 5.74) is 0.616. The summed E-state index contributed by atoms with van der Waals surface area (Å²) in [4.78, 5) is 26.7. The highest BCUT2D eigenvalue weighted by atomic mass is 35.5. The summed E-state index contributed by atoms with van der Waals surface area (Å²) < 4.78 is 5.33. The molecule has 2 amide bonds. The molecule has 0 bridgehead atoms. The number of carbonyl (C=O) groups is 2. The summed E-state index contributed by atoms with van der Waals surface area (Å²) in [5, 5.41) is 6.98. The Morgan fingerprint density at radius 3 is 2.96 bits per heavy atom. The Labute approximate surface area is 152 Å². The molecule has 6 nitrogen and oxygen atoms in total. The molecular weight excluding hydrogens is 342 g/mol. The predicted octanol–water partition coefficient (Wildman–Crippen LogP) is 1.82. The van der Waals surface area contributed by atoms with Gasteiger partial charge in [0.2, 0.25) is 11.8 Å². The number of methoxy groups -OCH3 is 1. The van der Waals surface area contributed by atoms with Crippen LogP contribution in [0.25, 0.3) is 0 Å². The number of halogens is 1. The fraction of sp³-hybridized carbons (Fsp3) is 0.556. The smallest absolute Gasteiger partial charge is 0.227 e. The SMILES string of the molecule is COc1ccc(Cl)cc1N1CC(C(=O)NC2CCNCC2C)CC1=O. The summed E-state index contributed by atoms with van der Waals surface area (Å²) in [6.07, 6.45) is 1.13. The van der Waals surface area contributed by atoms with Crippen LogP contribution >= 0.6 is 11.6 Å². The number of nitrogens with one attached hydrogen (secondary N) is 2. The first-order chi connectivity index (χ1) is 12.0. The first-order valence-electron chi connectivity index (χ1n) is 8.64. The van der Waals surface area contributed by atoms with Crippen molar-refractivity contribution < 1.29 is 14.3 Å². The van der Waals surface area contributed by atoms with Gasteiger partial charge in [-0.25, -0.2) is 0 Å². The van der Waals surface area contributed by atoms with Gasteiger partial charge in [-0.1, -0.05) is 18.5 Å². The number of anilines is 1. The Bertz CT molecular complexity index is 667. The van der Waals surface area contributed by atoms with Crippen LogP contribution in [0.1, 0.15) is 19.8 Å². The lowest BCUT2D eigenvalue weighted by atomic mass is 9.94. The van der Waals surface area contributed by atoms with Crippen molar-refractivity contribution in [3.63, 3.8) is 0 Å². The monoisotopic (exact) mass is 365 g/mol. The number of ether oxygens (including phenoxy) is 1. The van der Waals surface area contributed by atoms with Crippen LogP contribution in [0.4, 0.5) is 5.69 Å². The molecule has 136 valence electrons. The minimum absolute atomic E-state index is 0.0457. The average Bonchev–Trinajstić information content (AvgIpc) is 2.98. The molecule has 7 heteroatoms. The highest BCUT2D eigenvalue weighted by Crippen LogP contribution is 2.35. The predicted molar refractivity (Wildman–Crippen MR) is 97.0 cm³/mol. The highest BCUT2D eigenvalue weighted by molar-refractivity contribution is 6.31. The van der Waals surface area contributed by atoms with Gasteiger partial charge < -0.3 is 20.3 Å². The van der Waals surface area contributed by atoms with Crippen LogP contribution < -0.4 is 20.3 Å². The molecule has 3 atom stereocenters. The maximum Gasteiger partial charge on any atom is 0.227 e. The van der Waals surface area contributed by atoms with Gasteiger partial charge in [0.05, 0.1) is 18.7 Å². The van der Waals surface area contributed by atoms with Gasteiger partial charge in [0.25, 0.3) is 0 Å². The molecule has 0 saturated carbocycles. The fourth-order valence-electron chi connectivity index (χ4n) is 3.52. The molecule has 2 heterocycles. The number of piperidine rings is 1. The summed E-state index contributed by atoms with van der Waals surface area (Å²) in [6, 6.07) is 5.31. The standard InChI is InChI=1S/C18H24ClN3O3/c1-11-9-20-6-5-14(11)21-18(24)12-7-17(23)22(10-12)15-8-13(19)3-4-16(15)25-2/h3-4,8,11-12,14,20H,5-7,9-10H2,1-2H3,(H,21,24). The summed E-state index contributed by atoms with van der Waals surface area (Å²) >= 11 is 6.07. The van der Waals surface area contributed by atoms with Crippen molar-refractivity contribution in [2.75, 3.05) is 31.6 Å². The molecule has 1 aromatic rings. The van der Waals surface area contributed by atoms with E-state index in [4.69, 9.17) is 16.3 Å². The number of nitrogens with zero attached hydrogens (tertiary/aromatic N) is 1. The summed E-state index contributed by atoms with van der Waals surface area (Å²) in [6.45, 7) is 4.28. The first kappa shape index (κ1) is 18.0. The van der Waals surface area contributed by atoms with Gasteiger partial charge in [-0.2, -0.15) is 0 Å². The summed E-state index contributed by atoms with van der Waals surface area (Å²) in [5.74, 6) is 0.484. The van der Waals surface area contributed by atoms with E-state index < -0.39 is 0 Å². The number of hydrogen-bond acceptors (Lipinski definition) is 4. The fourth-order valence-corrected chi connectivity index (χ4v) is 3.69. The number of hydrogen-bond donors (Lipinski definition) is 2. The molecular formula is C18H24ClN3O3. The minimum Gasteiger partial charge on any atom is -0.495 e. The van der Waals surface area contributed by atoms with E-state index in [0.29, 0.717) is 28.9 Å². The van der Waals surface area contributed by atoms with Crippen molar-refractivity contribution in [3.8, 4) is 5.75 Å². The zero-order valence-corrected chi connectivity index (χ0v) is 15.3. The molecule has 2 saturated heterocycles. The van der Waals surface area contributed by atoms with Crippen LogP contribution in [0.5, 0.6) is 5.75 Å². The quantitative estimate of drug-likeness (QED) is 0.853. The molecule has 1 aromatic carbocycles. The molecule has 0 aromatic heterocycles. The Morgan fingerprint density at radius 1 is 1.44 bits per heavy atom. The topological polar surface area (TPSA) is 70.7 Å². The van der Waals surface area contributed by atoms with Crippen molar-refractivity contribution in [2.45, 2.75) is 25.8 Å². The van der Waals surface area contributed by atoms with Crippen LogP contribution in [-0.4, -0.2) is 44.6 Å². The second kappa shape index (κ2) is 7.62. The van der Waals surface area contributed by atoms with Crippen molar-refractivity contribution in [1.82, 2.24) is 10.6 Å². The summed E-state index contributed by atoms with van der Waals surface area (Å²) in [7, 11) is 1.55.